The Balaban J connectivity index is 3.56. The third-order valence-corrected chi connectivity index (χ3v) is 3.10. The smallest absolute Gasteiger partial charge is 0.188 e. The Hall–Kier alpha value is 0.0200. The van der Waals surface area contributed by atoms with Crippen molar-refractivity contribution in [2.45, 2.75) is 52.4 Å². The van der Waals surface area contributed by atoms with Gasteiger partial charge >= 0.3 is 0 Å². The van der Waals surface area contributed by atoms with E-state index < -0.39 is 0 Å². The highest BCUT2D eigenvalue weighted by molar-refractivity contribution is 8.13. The van der Waals surface area contributed by atoms with E-state index in [1.807, 2.05) is 6.26 Å². The summed E-state index contributed by atoms with van der Waals surface area (Å²) >= 11 is 1.37. The number of unbranched alkanes of at least 4 members (excludes halogenated alkanes) is 2. The number of hydrogen-bond acceptors (Lipinski definition) is 2. The average molecular weight is 202 g/mol. The molecule has 0 aromatic heterocycles. The molecule has 1 atom stereocenters. The van der Waals surface area contributed by atoms with Crippen molar-refractivity contribution in [3.8, 4) is 0 Å². The fourth-order valence-corrected chi connectivity index (χ4v) is 1.85. The van der Waals surface area contributed by atoms with Crippen LogP contribution in [0.1, 0.15) is 52.4 Å². The van der Waals surface area contributed by atoms with Gasteiger partial charge in [-0.2, -0.15) is 0 Å². The normalized spacial score (nSPS) is 12.8. The van der Waals surface area contributed by atoms with E-state index in [4.69, 9.17) is 0 Å². The van der Waals surface area contributed by atoms with Crippen LogP contribution in [0.4, 0.5) is 0 Å². The molecule has 0 aromatic rings. The fraction of sp³-hybridized carbons (Fsp3) is 0.909. The van der Waals surface area contributed by atoms with E-state index in [1.54, 1.807) is 0 Å². The number of carbonyl (C=O) groups is 1. The molecular weight excluding hydrogens is 180 g/mol. The van der Waals surface area contributed by atoms with Gasteiger partial charge in [0.15, 0.2) is 5.12 Å². The first-order valence-electron chi connectivity index (χ1n) is 5.31. The molecule has 0 bridgehead atoms. The summed E-state index contributed by atoms with van der Waals surface area (Å²) in [6.45, 7) is 4.40. The molecule has 0 unspecified atom stereocenters. The quantitative estimate of drug-likeness (QED) is 0.583. The van der Waals surface area contributed by atoms with Crippen LogP contribution in [0.3, 0.4) is 0 Å². The fourth-order valence-electron chi connectivity index (χ4n) is 1.45. The summed E-state index contributed by atoms with van der Waals surface area (Å²) in [5.74, 6) is 0.631. The molecule has 0 radical (unpaired) electrons. The molecule has 0 aliphatic carbocycles. The zero-order valence-corrected chi connectivity index (χ0v) is 9.95. The van der Waals surface area contributed by atoms with Crippen LogP contribution in [0, 0.1) is 5.92 Å². The molecule has 0 saturated carbocycles. The van der Waals surface area contributed by atoms with E-state index >= 15 is 0 Å². The zero-order chi connectivity index (χ0) is 10.1. The topological polar surface area (TPSA) is 17.1 Å². The first kappa shape index (κ1) is 13.0. The number of rotatable bonds is 7. The predicted molar refractivity (Wildman–Crippen MR) is 61.1 cm³/mol. The minimum atomic E-state index is 0.350. The molecule has 0 aliphatic rings. The van der Waals surface area contributed by atoms with Crippen LogP contribution in [-0.4, -0.2) is 11.4 Å². The van der Waals surface area contributed by atoms with Gasteiger partial charge in [-0.15, -0.1) is 0 Å². The minimum Gasteiger partial charge on any atom is -0.287 e. The summed E-state index contributed by atoms with van der Waals surface area (Å²) in [5.41, 5.74) is 0. The van der Waals surface area contributed by atoms with Crippen LogP contribution in [0.25, 0.3) is 0 Å². The second-order valence-electron chi connectivity index (χ2n) is 3.55. The highest BCUT2D eigenvalue weighted by Gasteiger charge is 2.10. The first-order valence-corrected chi connectivity index (χ1v) is 6.53. The molecule has 0 rings (SSSR count). The van der Waals surface area contributed by atoms with Crippen molar-refractivity contribution in [3.63, 3.8) is 0 Å². The second kappa shape index (κ2) is 8.61. The van der Waals surface area contributed by atoms with Crippen molar-refractivity contribution in [1.82, 2.24) is 0 Å². The van der Waals surface area contributed by atoms with Crippen LogP contribution in [0.2, 0.25) is 0 Å². The van der Waals surface area contributed by atoms with Crippen LogP contribution in [0.15, 0.2) is 0 Å². The van der Waals surface area contributed by atoms with Crippen molar-refractivity contribution in [2.75, 3.05) is 6.26 Å². The molecule has 78 valence electrons. The summed E-state index contributed by atoms with van der Waals surface area (Å²) in [6, 6.07) is 0. The first-order chi connectivity index (χ1) is 6.24. The van der Waals surface area contributed by atoms with E-state index in [1.165, 1.54) is 37.4 Å². The lowest BCUT2D eigenvalue weighted by molar-refractivity contribution is -0.111. The molecule has 2 heteroatoms. The molecule has 0 spiro atoms. The van der Waals surface area contributed by atoms with E-state index in [2.05, 4.69) is 13.8 Å². The maximum atomic E-state index is 11.2. The van der Waals surface area contributed by atoms with E-state index in [-0.39, 0.29) is 0 Å². The van der Waals surface area contributed by atoms with Gasteiger partial charge in [0.05, 0.1) is 0 Å². The molecule has 0 heterocycles. The third kappa shape index (κ3) is 7.12. The monoisotopic (exact) mass is 202 g/mol. The molecule has 0 fully saturated rings. The van der Waals surface area contributed by atoms with Crippen molar-refractivity contribution < 1.29 is 4.79 Å². The van der Waals surface area contributed by atoms with Gasteiger partial charge in [-0.05, 0) is 12.2 Å². The van der Waals surface area contributed by atoms with Gasteiger partial charge in [-0.3, -0.25) is 4.79 Å². The van der Waals surface area contributed by atoms with Crippen LogP contribution in [0.5, 0.6) is 0 Å². The second-order valence-corrected chi connectivity index (χ2v) is 4.41. The standard InChI is InChI=1S/C11H22OS/c1-4-6-7-8-10(5-2)9-11(12)13-3/h10H,4-9H2,1-3H3/t10-/m1/s1. The SMILES string of the molecule is CCCCC[C@@H](CC)CC(=O)SC. The maximum Gasteiger partial charge on any atom is 0.188 e. The van der Waals surface area contributed by atoms with Crippen molar-refractivity contribution in [3.05, 3.63) is 0 Å². The van der Waals surface area contributed by atoms with Gasteiger partial charge in [0.25, 0.3) is 0 Å². The molecular formula is C11H22OS. The molecule has 13 heavy (non-hydrogen) atoms. The minimum absolute atomic E-state index is 0.350. The molecule has 1 nitrogen and oxygen atoms in total. The van der Waals surface area contributed by atoms with Gasteiger partial charge in [-0.1, -0.05) is 57.7 Å². The molecule has 0 amide bonds. The van der Waals surface area contributed by atoms with Gasteiger partial charge in [0.1, 0.15) is 0 Å². The van der Waals surface area contributed by atoms with Gasteiger partial charge in [-0.25, -0.2) is 0 Å². The summed E-state index contributed by atoms with van der Waals surface area (Å²) < 4.78 is 0. The predicted octanol–water partition coefficient (Wildman–Crippen LogP) is 3.87. The van der Waals surface area contributed by atoms with E-state index in [9.17, 15) is 4.79 Å². The van der Waals surface area contributed by atoms with Gasteiger partial charge < -0.3 is 0 Å². The summed E-state index contributed by atoms with van der Waals surface area (Å²) in [5, 5.41) is 0.350. The Labute approximate surface area is 86.7 Å². The van der Waals surface area contributed by atoms with E-state index in [0.717, 1.165) is 12.8 Å². The maximum absolute atomic E-state index is 11.2. The van der Waals surface area contributed by atoms with Gasteiger partial charge in [0, 0.05) is 6.42 Å². The molecule has 0 N–H and O–H groups in total. The number of carbonyl (C=O) groups excluding carboxylic acids is 1. The van der Waals surface area contributed by atoms with Gasteiger partial charge in [0.2, 0.25) is 0 Å². The zero-order valence-electron chi connectivity index (χ0n) is 9.14. The Morgan fingerprint density at radius 2 is 2.00 bits per heavy atom. The molecule has 0 aliphatic heterocycles. The Kier molecular flexibility index (Phi) is 8.62. The van der Waals surface area contributed by atoms with E-state index in [0.29, 0.717) is 11.0 Å². The molecule has 0 aromatic carbocycles. The third-order valence-electron chi connectivity index (χ3n) is 2.48. The van der Waals surface area contributed by atoms with Crippen molar-refractivity contribution in [1.29, 1.82) is 0 Å². The van der Waals surface area contributed by atoms with Crippen LogP contribution in [-0.2, 0) is 4.79 Å². The summed E-state index contributed by atoms with van der Waals surface area (Å²) in [7, 11) is 0. The Bertz CT molecular complexity index is 134. The lowest BCUT2D eigenvalue weighted by atomic mass is 9.96. The summed E-state index contributed by atoms with van der Waals surface area (Å²) in [4.78, 5) is 11.2. The summed E-state index contributed by atoms with van der Waals surface area (Å²) in [6.07, 6.45) is 8.91. The van der Waals surface area contributed by atoms with Crippen LogP contribution >= 0.6 is 11.8 Å². The van der Waals surface area contributed by atoms with Crippen molar-refractivity contribution in [2.24, 2.45) is 5.92 Å². The number of hydrogen-bond donors (Lipinski definition) is 0. The van der Waals surface area contributed by atoms with Crippen molar-refractivity contribution >= 4 is 16.9 Å². The molecule has 0 saturated heterocycles. The van der Waals surface area contributed by atoms with Crippen LogP contribution < -0.4 is 0 Å². The lowest BCUT2D eigenvalue weighted by Crippen LogP contribution is -2.04. The largest absolute Gasteiger partial charge is 0.287 e. The highest BCUT2D eigenvalue weighted by Crippen LogP contribution is 2.19. The highest BCUT2D eigenvalue weighted by atomic mass is 32.2. The Morgan fingerprint density at radius 1 is 1.31 bits per heavy atom. The Morgan fingerprint density at radius 3 is 2.46 bits per heavy atom. The number of thioether (sulfide) groups is 1. The average Bonchev–Trinajstić information content (AvgIpc) is 2.16. The lowest BCUT2D eigenvalue weighted by Gasteiger charge is -2.12.